The van der Waals surface area contributed by atoms with Crippen molar-refractivity contribution in [2.24, 2.45) is 16.5 Å². The van der Waals surface area contributed by atoms with E-state index in [0.717, 1.165) is 12.8 Å². The Balaban J connectivity index is 1.73. The minimum absolute atomic E-state index is 0.0199. The molecule has 0 fully saturated rings. The summed E-state index contributed by atoms with van der Waals surface area (Å²) in [7, 11) is 0. The highest BCUT2D eigenvalue weighted by atomic mass is 16.5. The standard InChI is InChI=1S/C17H17N3O2/c18-17(19)20-14-7-4-12(5-8-14)16(21)22-15-9-6-11-2-1-3-13(11)10-15/h4-10H,1-3H2,(H4,18,19,20). The Morgan fingerprint density at radius 3 is 2.45 bits per heavy atom. The van der Waals surface area contributed by atoms with Gasteiger partial charge in [-0.3, -0.25) is 0 Å². The molecule has 0 unspecified atom stereocenters. The third-order valence-electron chi connectivity index (χ3n) is 3.64. The largest absolute Gasteiger partial charge is 0.423 e. The van der Waals surface area contributed by atoms with Crippen molar-refractivity contribution in [3.8, 4) is 5.75 Å². The van der Waals surface area contributed by atoms with Gasteiger partial charge in [-0.25, -0.2) is 9.79 Å². The Labute approximate surface area is 128 Å². The van der Waals surface area contributed by atoms with Crippen LogP contribution in [0, 0.1) is 0 Å². The number of hydrogen-bond acceptors (Lipinski definition) is 3. The third-order valence-corrected chi connectivity index (χ3v) is 3.64. The molecule has 2 aromatic rings. The number of aryl methyl sites for hydroxylation is 2. The van der Waals surface area contributed by atoms with Crippen LogP contribution in [0.5, 0.6) is 5.75 Å². The maximum Gasteiger partial charge on any atom is 0.343 e. The van der Waals surface area contributed by atoms with Crippen LogP contribution in [0.4, 0.5) is 5.69 Å². The normalized spacial score (nSPS) is 12.5. The van der Waals surface area contributed by atoms with E-state index in [1.807, 2.05) is 18.2 Å². The molecule has 0 bridgehead atoms. The summed E-state index contributed by atoms with van der Waals surface area (Å²) >= 11 is 0. The van der Waals surface area contributed by atoms with Crippen molar-refractivity contribution in [2.75, 3.05) is 0 Å². The molecule has 0 aromatic heterocycles. The molecular weight excluding hydrogens is 278 g/mol. The van der Waals surface area contributed by atoms with Crippen molar-refractivity contribution in [3.05, 3.63) is 59.2 Å². The highest BCUT2D eigenvalue weighted by molar-refractivity contribution is 5.91. The quantitative estimate of drug-likeness (QED) is 0.393. The summed E-state index contributed by atoms with van der Waals surface area (Å²) in [5.41, 5.74) is 14.3. The molecule has 0 atom stereocenters. The maximum absolute atomic E-state index is 12.1. The first kappa shape index (κ1) is 14.1. The maximum atomic E-state index is 12.1. The molecule has 5 nitrogen and oxygen atoms in total. The van der Waals surface area contributed by atoms with Crippen LogP contribution in [0.3, 0.4) is 0 Å². The van der Waals surface area contributed by atoms with Crippen LogP contribution in [-0.2, 0) is 12.8 Å². The molecular formula is C17H17N3O2. The van der Waals surface area contributed by atoms with Gasteiger partial charge in [0.25, 0.3) is 0 Å². The molecule has 0 amide bonds. The zero-order valence-electron chi connectivity index (χ0n) is 12.1. The van der Waals surface area contributed by atoms with Gasteiger partial charge < -0.3 is 16.2 Å². The number of carbonyl (C=O) groups is 1. The molecule has 0 spiro atoms. The molecule has 0 aliphatic heterocycles. The number of rotatable bonds is 3. The van der Waals surface area contributed by atoms with E-state index in [0.29, 0.717) is 17.0 Å². The molecule has 0 saturated carbocycles. The molecule has 5 heteroatoms. The van der Waals surface area contributed by atoms with Gasteiger partial charge in [0.2, 0.25) is 0 Å². The number of carbonyl (C=O) groups excluding carboxylic acids is 1. The fourth-order valence-corrected chi connectivity index (χ4v) is 2.60. The first-order valence-corrected chi connectivity index (χ1v) is 7.15. The van der Waals surface area contributed by atoms with Crippen LogP contribution in [0.15, 0.2) is 47.5 Å². The van der Waals surface area contributed by atoms with Crippen molar-refractivity contribution in [2.45, 2.75) is 19.3 Å². The number of benzene rings is 2. The molecule has 4 N–H and O–H groups in total. The predicted octanol–water partition coefficient (Wildman–Crippen LogP) is 2.30. The summed E-state index contributed by atoms with van der Waals surface area (Å²) in [6, 6.07) is 12.4. The Morgan fingerprint density at radius 2 is 1.73 bits per heavy atom. The van der Waals surface area contributed by atoms with Gasteiger partial charge in [-0.15, -0.1) is 0 Å². The van der Waals surface area contributed by atoms with Crippen molar-refractivity contribution < 1.29 is 9.53 Å². The third kappa shape index (κ3) is 3.09. The van der Waals surface area contributed by atoms with E-state index in [2.05, 4.69) is 4.99 Å². The van der Waals surface area contributed by atoms with E-state index in [1.165, 1.54) is 17.5 Å². The zero-order chi connectivity index (χ0) is 15.5. The van der Waals surface area contributed by atoms with Crippen LogP contribution in [-0.4, -0.2) is 11.9 Å². The fourth-order valence-electron chi connectivity index (χ4n) is 2.60. The second kappa shape index (κ2) is 5.89. The summed E-state index contributed by atoms with van der Waals surface area (Å²) < 4.78 is 5.42. The number of esters is 1. The van der Waals surface area contributed by atoms with E-state index < -0.39 is 5.97 Å². The van der Waals surface area contributed by atoms with E-state index >= 15 is 0 Å². The molecule has 1 aliphatic carbocycles. The smallest absolute Gasteiger partial charge is 0.343 e. The van der Waals surface area contributed by atoms with Crippen LogP contribution in [0.2, 0.25) is 0 Å². The average Bonchev–Trinajstić information content (AvgIpc) is 2.95. The molecule has 0 saturated heterocycles. The van der Waals surface area contributed by atoms with E-state index in [1.54, 1.807) is 24.3 Å². The minimum Gasteiger partial charge on any atom is -0.423 e. The molecule has 0 radical (unpaired) electrons. The summed E-state index contributed by atoms with van der Waals surface area (Å²) in [6.07, 6.45) is 3.32. The first-order chi connectivity index (χ1) is 10.6. The molecule has 112 valence electrons. The summed E-state index contributed by atoms with van der Waals surface area (Å²) in [6.45, 7) is 0. The zero-order valence-corrected chi connectivity index (χ0v) is 12.1. The van der Waals surface area contributed by atoms with Crippen LogP contribution >= 0.6 is 0 Å². The van der Waals surface area contributed by atoms with Gasteiger partial charge >= 0.3 is 5.97 Å². The van der Waals surface area contributed by atoms with Gasteiger partial charge in [-0.2, -0.15) is 0 Å². The monoisotopic (exact) mass is 295 g/mol. The van der Waals surface area contributed by atoms with E-state index in [-0.39, 0.29) is 5.96 Å². The molecule has 1 aliphatic rings. The number of nitrogens with two attached hydrogens (primary N) is 2. The lowest BCUT2D eigenvalue weighted by atomic mass is 10.1. The first-order valence-electron chi connectivity index (χ1n) is 7.15. The van der Waals surface area contributed by atoms with Crippen molar-refractivity contribution in [1.82, 2.24) is 0 Å². The number of nitrogens with zero attached hydrogens (tertiary/aromatic N) is 1. The average molecular weight is 295 g/mol. The second-order valence-corrected chi connectivity index (χ2v) is 5.26. The molecule has 2 aromatic carbocycles. The van der Waals surface area contributed by atoms with Crippen LogP contribution in [0.25, 0.3) is 0 Å². The number of guanidine groups is 1. The van der Waals surface area contributed by atoms with Gasteiger partial charge in [-0.1, -0.05) is 6.07 Å². The number of ether oxygens (including phenoxy) is 1. The van der Waals surface area contributed by atoms with E-state index in [9.17, 15) is 4.79 Å². The van der Waals surface area contributed by atoms with Crippen LogP contribution in [0.1, 0.15) is 27.9 Å². The predicted molar refractivity (Wildman–Crippen MR) is 85.3 cm³/mol. The van der Waals surface area contributed by atoms with Gasteiger partial charge in [0.1, 0.15) is 5.75 Å². The lowest BCUT2D eigenvalue weighted by molar-refractivity contribution is 0.0734. The highest BCUT2D eigenvalue weighted by Crippen LogP contribution is 2.26. The number of hydrogen-bond donors (Lipinski definition) is 2. The Kier molecular flexibility index (Phi) is 3.78. The Bertz CT molecular complexity index is 732. The topological polar surface area (TPSA) is 90.7 Å². The summed E-state index contributed by atoms with van der Waals surface area (Å²) in [5.74, 6) is 0.168. The molecule has 22 heavy (non-hydrogen) atoms. The highest BCUT2D eigenvalue weighted by Gasteiger charge is 2.13. The second-order valence-electron chi connectivity index (χ2n) is 5.26. The van der Waals surface area contributed by atoms with Gasteiger partial charge in [-0.05, 0) is 66.8 Å². The van der Waals surface area contributed by atoms with Crippen LogP contribution < -0.4 is 16.2 Å². The molecule has 0 heterocycles. The van der Waals surface area contributed by atoms with E-state index in [4.69, 9.17) is 16.2 Å². The van der Waals surface area contributed by atoms with Crippen molar-refractivity contribution in [1.29, 1.82) is 0 Å². The van der Waals surface area contributed by atoms with Crippen molar-refractivity contribution in [3.63, 3.8) is 0 Å². The van der Waals surface area contributed by atoms with Crippen molar-refractivity contribution >= 4 is 17.6 Å². The van der Waals surface area contributed by atoms with Gasteiger partial charge in [0, 0.05) is 0 Å². The van der Waals surface area contributed by atoms with Gasteiger partial charge in [0.15, 0.2) is 5.96 Å². The minimum atomic E-state index is -0.394. The lowest BCUT2D eigenvalue weighted by Gasteiger charge is -2.07. The lowest BCUT2D eigenvalue weighted by Crippen LogP contribution is -2.21. The summed E-state index contributed by atoms with van der Waals surface area (Å²) in [4.78, 5) is 16.0. The fraction of sp³-hybridized carbons (Fsp3) is 0.176. The SMILES string of the molecule is NC(N)=Nc1ccc(C(=O)Oc2ccc3c(c2)CCC3)cc1. The Morgan fingerprint density at radius 1 is 1.00 bits per heavy atom. The number of fused-ring (bicyclic) bond motifs is 1. The Hall–Kier alpha value is -2.82. The molecule has 3 rings (SSSR count). The number of aliphatic imine (C=N–C) groups is 1. The summed E-state index contributed by atoms with van der Waals surface area (Å²) in [5, 5.41) is 0. The van der Waals surface area contributed by atoms with Gasteiger partial charge in [0.05, 0.1) is 11.3 Å².